The summed E-state index contributed by atoms with van der Waals surface area (Å²) in [6.07, 6.45) is 0. The number of primary amides is 1. The van der Waals surface area contributed by atoms with Gasteiger partial charge in [0.2, 0.25) is 6.79 Å². The lowest BCUT2D eigenvalue weighted by molar-refractivity contribution is 0.100. The van der Waals surface area contributed by atoms with Crippen LogP contribution in [0.3, 0.4) is 0 Å². The van der Waals surface area contributed by atoms with E-state index in [1.807, 2.05) is 18.2 Å². The molecule has 3 rings (SSSR count). The van der Waals surface area contributed by atoms with Gasteiger partial charge in [0.1, 0.15) is 0 Å². The average Bonchev–Trinajstić information content (AvgIpc) is 2.92. The van der Waals surface area contributed by atoms with E-state index in [-0.39, 0.29) is 6.79 Å². The van der Waals surface area contributed by atoms with E-state index in [0.29, 0.717) is 23.5 Å². The maximum atomic E-state index is 11.4. The predicted molar refractivity (Wildman–Crippen MR) is 79.3 cm³/mol. The third kappa shape index (κ3) is 2.69. The maximum absolute atomic E-state index is 11.4. The Morgan fingerprint density at radius 1 is 1.14 bits per heavy atom. The first-order valence-corrected chi connectivity index (χ1v) is 6.45. The van der Waals surface area contributed by atoms with E-state index in [9.17, 15) is 4.79 Å². The maximum Gasteiger partial charge on any atom is 0.250 e. The highest BCUT2D eigenvalue weighted by Crippen LogP contribution is 2.32. The third-order valence-electron chi connectivity index (χ3n) is 3.23. The summed E-state index contributed by atoms with van der Waals surface area (Å²) in [4.78, 5) is 11.4. The van der Waals surface area contributed by atoms with E-state index in [2.05, 4.69) is 5.32 Å². The van der Waals surface area contributed by atoms with Crippen molar-refractivity contribution < 1.29 is 14.3 Å². The molecule has 0 bridgehead atoms. The van der Waals surface area contributed by atoms with E-state index >= 15 is 0 Å². The van der Waals surface area contributed by atoms with E-state index in [0.717, 1.165) is 17.1 Å². The van der Waals surface area contributed by atoms with Crippen molar-refractivity contribution in [1.82, 2.24) is 0 Å². The molecular weight excluding hydrogens is 270 g/mol. The van der Waals surface area contributed by atoms with Crippen LogP contribution in [0.2, 0.25) is 0 Å². The molecule has 1 amide bonds. The fraction of sp³-hybridized carbons (Fsp3) is 0.133. The minimum atomic E-state index is -0.497. The van der Waals surface area contributed by atoms with Crippen molar-refractivity contribution in [2.45, 2.75) is 6.54 Å². The monoisotopic (exact) mass is 285 g/mol. The van der Waals surface area contributed by atoms with Gasteiger partial charge in [-0.15, -0.1) is 0 Å². The van der Waals surface area contributed by atoms with Crippen molar-refractivity contribution >= 4 is 17.3 Å². The van der Waals surface area contributed by atoms with Gasteiger partial charge < -0.3 is 26.3 Å². The highest BCUT2D eigenvalue weighted by atomic mass is 16.7. The Hall–Kier alpha value is -2.89. The number of nitrogen functional groups attached to an aromatic ring is 1. The van der Waals surface area contributed by atoms with Crippen LogP contribution in [0.4, 0.5) is 11.4 Å². The lowest BCUT2D eigenvalue weighted by atomic mass is 10.1. The number of anilines is 2. The quantitative estimate of drug-likeness (QED) is 0.743. The first-order chi connectivity index (χ1) is 10.1. The molecule has 1 aliphatic heterocycles. The summed E-state index contributed by atoms with van der Waals surface area (Å²) in [6.45, 7) is 0.758. The van der Waals surface area contributed by atoms with Crippen molar-refractivity contribution in [1.29, 1.82) is 0 Å². The first-order valence-electron chi connectivity index (χ1n) is 6.45. The van der Waals surface area contributed by atoms with E-state index in [4.69, 9.17) is 20.9 Å². The molecule has 0 spiro atoms. The van der Waals surface area contributed by atoms with Crippen LogP contribution in [0.25, 0.3) is 0 Å². The lowest BCUT2D eigenvalue weighted by Gasteiger charge is -2.11. The Kier molecular flexibility index (Phi) is 3.27. The van der Waals surface area contributed by atoms with Crippen LogP contribution in [-0.2, 0) is 6.54 Å². The molecule has 108 valence electrons. The number of benzene rings is 2. The van der Waals surface area contributed by atoms with Crippen LogP contribution in [0.15, 0.2) is 36.4 Å². The van der Waals surface area contributed by atoms with Gasteiger partial charge in [-0.05, 0) is 35.9 Å². The Morgan fingerprint density at radius 3 is 2.76 bits per heavy atom. The van der Waals surface area contributed by atoms with Gasteiger partial charge in [-0.3, -0.25) is 4.79 Å². The van der Waals surface area contributed by atoms with Gasteiger partial charge in [-0.1, -0.05) is 6.07 Å². The molecule has 0 aliphatic carbocycles. The molecule has 0 saturated carbocycles. The lowest BCUT2D eigenvalue weighted by Crippen LogP contribution is -2.14. The highest BCUT2D eigenvalue weighted by Gasteiger charge is 2.13. The second-order valence-corrected chi connectivity index (χ2v) is 4.71. The van der Waals surface area contributed by atoms with E-state index in [1.54, 1.807) is 18.2 Å². The third-order valence-corrected chi connectivity index (χ3v) is 3.23. The molecule has 1 heterocycles. The Morgan fingerprint density at radius 2 is 1.95 bits per heavy atom. The second-order valence-electron chi connectivity index (χ2n) is 4.71. The molecule has 6 heteroatoms. The van der Waals surface area contributed by atoms with Gasteiger partial charge in [0.25, 0.3) is 5.91 Å². The van der Waals surface area contributed by atoms with Gasteiger partial charge >= 0.3 is 0 Å². The molecule has 2 aromatic carbocycles. The molecule has 0 unspecified atom stereocenters. The fourth-order valence-electron chi connectivity index (χ4n) is 2.17. The van der Waals surface area contributed by atoms with Crippen LogP contribution >= 0.6 is 0 Å². The number of nitrogens with two attached hydrogens (primary N) is 2. The van der Waals surface area contributed by atoms with Crippen LogP contribution in [0.1, 0.15) is 15.9 Å². The number of amides is 1. The SMILES string of the molecule is NC(=O)c1ccc(N)cc1NCc1ccc2c(c1)OCO2. The van der Waals surface area contributed by atoms with Crippen LogP contribution in [-0.4, -0.2) is 12.7 Å². The van der Waals surface area contributed by atoms with Crippen molar-refractivity contribution in [3.05, 3.63) is 47.5 Å². The Bertz CT molecular complexity index is 701. The number of fused-ring (bicyclic) bond motifs is 1. The fourth-order valence-corrected chi connectivity index (χ4v) is 2.17. The first kappa shape index (κ1) is 13.1. The molecule has 21 heavy (non-hydrogen) atoms. The summed E-state index contributed by atoms with van der Waals surface area (Å²) >= 11 is 0. The average molecular weight is 285 g/mol. The Balaban J connectivity index is 1.78. The molecule has 5 N–H and O–H groups in total. The summed E-state index contributed by atoms with van der Waals surface area (Å²) in [5.74, 6) is 0.959. The largest absolute Gasteiger partial charge is 0.454 e. The van der Waals surface area contributed by atoms with Gasteiger partial charge in [-0.25, -0.2) is 0 Å². The normalized spacial score (nSPS) is 12.2. The molecule has 0 atom stereocenters. The summed E-state index contributed by atoms with van der Waals surface area (Å²) in [5.41, 5.74) is 13.7. The van der Waals surface area contributed by atoms with Crippen molar-refractivity contribution in [2.75, 3.05) is 17.8 Å². The van der Waals surface area contributed by atoms with Gasteiger partial charge in [0.15, 0.2) is 11.5 Å². The zero-order chi connectivity index (χ0) is 14.8. The van der Waals surface area contributed by atoms with Crippen molar-refractivity contribution in [3.8, 4) is 11.5 Å². The molecule has 2 aromatic rings. The van der Waals surface area contributed by atoms with Crippen molar-refractivity contribution in [2.24, 2.45) is 5.73 Å². The standard InChI is InChI=1S/C15H15N3O3/c16-10-2-3-11(15(17)19)12(6-10)18-7-9-1-4-13-14(5-9)21-8-20-13/h1-6,18H,7-8,16H2,(H2,17,19). The molecule has 6 nitrogen and oxygen atoms in total. The molecule has 0 radical (unpaired) electrons. The second kappa shape index (κ2) is 5.24. The number of ether oxygens (including phenoxy) is 2. The zero-order valence-electron chi connectivity index (χ0n) is 11.3. The smallest absolute Gasteiger partial charge is 0.250 e. The Labute approximate surface area is 121 Å². The van der Waals surface area contributed by atoms with Crippen LogP contribution < -0.4 is 26.3 Å². The number of carbonyl (C=O) groups is 1. The van der Waals surface area contributed by atoms with E-state index in [1.165, 1.54) is 0 Å². The molecule has 0 aromatic heterocycles. The molecule has 1 aliphatic rings. The summed E-state index contributed by atoms with van der Waals surface area (Å²) in [5, 5.41) is 3.17. The van der Waals surface area contributed by atoms with Gasteiger partial charge in [-0.2, -0.15) is 0 Å². The minimum Gasteiger partial charge on any atom is -0.454 e. The number of nitrogens with one attached hydrogen (secondary N) is 1. The highest BCUT2D eigenvalue weighted by molar-refractivity contribution is 5.99. The van der Waals surface area contributed by atoms with Gasteiger partial charge in [0.05, 0.1) is 5.56 Å². The number of hydrogen-bond acceptors (Lipinski definition) is 5. The van der Waals surface area contributed by atoms with Crippen LogP contribution in [0.5, 0.6) is 11.5 Å². The number of rotatable bonds is 4. The molecule has 0 saturated heterocycles. The topological polar surface area (TPSA) is 99.6 Å². The summed E-state index contributed by atoms with van der Waals surface area (Å²) in [7, 11) is 0. The molecule has 0 fully saturated rings. The van der Waals surface area contributed by atoms with Gasteiger partial charge in [0, 0.05) is 17.9 Å². The summed E-state index contributed by atoms with van der Waals surface area (Å²) < 4.78 is 10.6. The predicted octanol–water partition coefficient (Wildman–Crippen LogP) is 1.71. The number of hydrogen-bond donors (Lipinski definition) is 3. The zero-order valence-corrected chi connectivity index (χ0v) is 11.3. The van der Waals surface area contributed by atoms with Crippen molar-refractivity contribution in [3.63, 3.8) is 0 Å². The minimum absolute atomic E-state index is 0.243. The van der Waals surface area contributed by atoms with Crippen LogP contribution in [0, 0.1) is 0 Å². The van der Waals surface area contributed by atoms with E-state index < -0.39 is 5.91 Å². The number of carbonyl (C=O) groups excluding carboxylic acids is 1. The molecular formula is C15H15N3O3. The summed E-state index contributed by atoms with van der Waals surface area (Å²) in [6, 6.07) is 10.6.